The van der Waals surface area contributed by atoms with Crippen molar-refractivity contribution in [2.45, 2.75) is 26.7 Å². The summed E-state index contributed by atoms with van der Waals surface area (Å²) in [5.41, 5.74) is 2.60. The molecule has 0 atom stereocenters. The molecule has 0 aliphatic heterocycles. The highest BCUT2D eigenvalue weighted by Gasteiger charge is 2.06. The molecule has 106 valence electrons. The first-order valence-corrected chi connectivity index (χ1v) is 7.57. The topological polar surface area (TPSA) is 33.2 Å². The van der Waals surface area contributed by atoms with E-state index in [-0.39, 0.29) is 5.91 Å². The molecule has 0 saturated heterocycles. The van der Waals surface area contributed by atoms with Crippen LogP contribution < -0.4 is 0 Å². The first kappa shape index (κ1) is 14.7. The molecule has 0 aliphatic rings. The molecule has 20 heavy (non-hydrogen) atoms. The maximum atomic E-state index is 11.1. The fourth-order valence-corrected chi connectivity index (χ4v) is 2.82. The molecule has 0 N–H and O–H groups in total. The van der Waals surface area contributed by atoms with Gasteiger partial charge in [-0.25, -0.2) is 4.98 Å². The van der Waals surface area contributed by atoms with Crippen molar-refractivity contribution in [3.05, 3.63) is 51.5 Å². The third kappa shape index (κ3) is 4.17. The van der Waals surface area contributed by atoms with Crippen LogP contribution in [0, 0.1) is 6.92 Å². The van der Waals surface area contributed by atoms with Crippen molar-refractivity contribution in [3.63, 3.8) is 0 Å². The first-order chi connectivity index (χ1) is 9.54. The van der Waals surface area contributed by atoms with Crippen LogP contribution in [0.2, 0.25) is 0 Å². The maximum Gasteiger partial charge on any atom is 0.219 e. The standard InChI is InChI=1S/C16H20N2OS/c1-12-4-6-14(7-5-12)10-15-11-17-16(20-15)8-9-18(3)13(2)19/h4-7,11H,8-10H2,1-3H3. The summed E-state index contributed by atoms with van der Waals surface area (Å²) in [5, 5.41) is 1.10. The zero-order valence-corrected chi connectivity index (χ0v) is 13.0. The first-order valence-electron chi connectivity index (χ1n) is 6.75. The van der Waals surface area contributed by atoms with Gasteiger partial charge in [0.25, 0.3) is 0 Å². The van der Waals surface area contributed by atoms with Gasteiger partial charge in [-0.3, -0.25) is 4.79 Å². The number of amides is 1. The summed E-state index contributed by atoms with van der Waals surface area (Å²) in [7, 11) is 1.82. The molecule has 3 nitrogen and oxygen atoms in total. The number of carbonyl (C=O) groups is 1. The zero-order valence-electron chi connectivity index (χ0n) is 12.2. The Morgan fingerprint density at radius 2 is 2.00 bits per heavy atom. The Morgan fingerprint density at radius 1 is 1.30 bits per heavy atom. The van der Waals surface area contributed by atoms with Crippen molar-refractivity contribution in [1.29, 1.82) is 0 Å². The van der Waals surface area contributed by atoms with Gasteiger partial charge in [0, 0.05) is 44.4 Å². The lowest BCUT2D eigenvalue weighted by Crippen LogP contribution is -2.25. The molecule has 1 aromatic heterocycles. The van der Waals surface area contributed by atoms with Crippen molar-refractivity contribution < 1.29 is 4.79 Å². The van der Waals surface area contributed by atoms with E-state index < -0.39 is 0 Å². The molecule has 1 aromatic carbocycles. The van der Waals surface area contributed by atoms with E-state index in [1.54, 1.807) is 23.2 Å². The predicted molar refractivity (Wildman–Crippen MR) is 83.1 cm³/mol. The van der Waals surface area contributed by atoms with Gasteiger partial charge in [0.05, 0.1) is 5.01 Å². The average Bonchev–Trinajstić information content (AvgIpc) is 2.86. The van der Waals surface area contributed by atoms with Crippen LogP contribution in [0.1, 0.15) is 27.9 Å². The maximum absolute atomic E-state index is 11.1. The van der Waals surface area contributed by atoms with E-state index in [1.807, 2.05) is 13.2 Å². The highest BCUT2D eigenvalue weighted by Crippen LogP contribution is 2.18. The molecule has 0 fully saturated rings. The van der Waals surface area contributed by atoms with Gasteiger partial charge < -0.3 is 4.90 Å². The van der Waals surface area contributed by atoms with E-state index in [9.17, 15) is 4.79 Å². The summed E-state index contributed by atoms with van der Waals surface area (Å²) in [4.78, 5) is 18.6. The summed E-state index contributed by atoms with van der Waals surface area (Å²) in [6.45, 7) is 4.41. The summed E-state index contributed by atoms with van der Waals surface area (Å²) in [6.07, 6.45) is 3.71. The molecule has 0 spiro atoms. The van der Waals surface area contributed by atoms with E-state index in [4.69, 9.17) is 0 Å². The van der Waals surface area contributed by atoms with Crippen molar-refractivity contribution in [1.82, 2.24) is 9.88 Å². The van der Waals surface area contributed by atoms with Gasteiger partial charge in [-0.2, -0.15) is 0 Å². The number of benzene rings is 1. The van der Waals surface area contributed by atoms with Gasteiger partial charge in [0.15, 0.2) is 0 Å². The van der Waals surface area contributed by atoms with Gasteiger partial charge >= 0.3 is 0 Å². The zero-order chi connectivity index (χ0) is 14.5. The number of nitrogens with zero attached hydrogens (tertiary/aromatic N) is 2. The second kappa shape index (κ2) is 6.66. The van der Waals surface area contributed by atoms with Crippen LogP contribution in [-0.2, 0) is 17.6 Å². The van der Waals surface area contributed by atoms with Gasteiger partial charge in [0.1, 0.15) is 0 Å². The molecular formula is C16H20N2OS. The lowest BCUT2D eigenvalue weighted by Gasteiger charge is -2.12. The van der Waals surface area contributed by atoms with E-state index in [0.717, 1.165) is 24.4 Å². The normalized spacial score (nSPS) is 10.6. The predicted octanol–water partition coefficient (Wildman–Crippen LogP) is 3.06. The SMILES string of the molecule is CC(=O)N(C)CCc1ncc(Cc2ccc(C)cc2)s1. The van der Waals surface area contributed by atoms with E-state index in [1.165, 1.54) is 16.0 Å². The molecule has 2 rings (SSSR count). The number of thiazole rings is 1. The smallest absolute Gasteiger partial charge is 0.219 e. The molecule has 0 radical (unpaired) electrons. The fraction of sp³-hybridized carbons (Fsp3) is 0.375. The minimum Gasteiger partial charge on any atom is -0.346 e. The second-order valence-corrected chi connectivity index (χ2v) is 6.27. The van der Waals surface area contributed by atoms with Crippen LogP contribution in [0.15, 0.2) is 30.5 Å². The van der Waals surface area contributed by atoms with Crippen LogP contribution in [0.3, 0.4) is 0 Å². The number of aromatic nitrogens is 1. The summed E-state index contributed by atoms with van der Waals surface area (Å²) >= 11 is 1.74. The summed E-state index contributed by atoms with van der Waals surface area (Å²) in [5.74, 6) is 0.0986. The molecule has 1 heterocycles. The largest absolute Gasteiger partial charge is 0.346 e. The van der Waals surface area contributed by atoms with E-state index >= 15 is 0 Å². The minimum atomic E-state index is 0.0986. The Balaban J connectivity index is 1.92. The molecule has 0 unspecified atom stereocenters. The van der Waals surface area contributed by atoms with Crippen LogP contribution in [-0.4, -0.2) is 29.4 Å². The highest BCUT2D eigenvalue weighted by atomic mass is 32.1. The molecule has 4 heteroatoms. The van der Waals surface area contributed by atoms with Gasteiger partial charge in [0.2, 0.25) is 5.91 Å². The molecule has 1 amide bonds. The van der Waals surface area contributed by atoms with Crippen LogP contribution in [0.4, 0.5) is 0 Å². The minimum absolute atomic E-state index is 0.0986. The Labute approximate surface area is 124 Å². The summed E-state index contributed by atoms with van der Waals surface area (Å²) in [6, 6.07) is 8.61. The Kier molecular flexibility index (Phi) is 4.90. The van der Waals surface area contributed by atoms with Gasteiger partial charge in [-0.1, -0.05) is 29.8 Å². The van der Waals surface area contributed by atoms with Crippen LogP contribution in [0.25, 0.3) is 0 Å². The number of rotatable bonds is 5. The second-order valence-electron chi connectivity index (χ2n) is 5.07. The Hall–Kier alpha value is -1.68. The molecule has 0 aliphatic carbocycles. The summed E-state index contributed by atoms with van der Waals surface area (Å²) < 4.78 is 0. The van der Waals surface area contributed by atoms with Gasteiger partial charge in [-0.05, 0) is 12.5 Å². The molecule has 0 saturated carbocycles. The average molecular weight is 288 g/mol. The van der Waals surface area contributed by atoms with Crippen molar-refractivity contribution in [2.24, 2.45) is 0 Å². The monoisotopic (exact) mass is 288 g/mol. The van der Waals surface area contributed by atoms with Crippen molar-refractivity contribution >= 4 is 17.2 Å². The van der Waals surface area contributed by atoms with Crippen molar-refractivity contribution in [3.8, 4) is 0 Å². The number of hydrogen-bond donors (Lipinski definition) is 0. The highest BCUT2D eigenvalue weighted by molar-refractivity contribution is 7.11. The lowest BCUT2D eigenvalue weighted by atomic mass is 10.1. The van der Waals surface area contributed by atoms with Crippen LogP contribution in [0.5, 0.6) is 0 Å². The molecule has 2 aromatic rings. The number of aryl methyl sites for hydroxylation is 1. The van der Waals surface area contributed by atoms with Crippen molar-refractivity contribution in [2.75, 3.05) is 13.6 Å². The number of likely N-dealkylation sites (N-methyl/N-ethyl adjacent to an activating group) is 1. The third-order valence-corrected chi connectivity index (χ3v) is 4.36. The van der Waals surface area contributed by atoms with Crippen LogP contribution >= 0.6 is 11.3 Å². The molecular weight excluding hydrogens is 268 g/mol. The Bertz CT molecular complexity index is 574. The number of hydrogen-bond acceptors (Lipinski definition) is 3. The quantitative estimate of drug-likeness (QED) is 0.847. The van der Waals surface area contributed by atoms with E-state index in [2.05, 4.69) is 36.2 Å². The number of carbonyl (C=O) groups excluding carboxylic acids is 1. The molecule has 0 bridgehead atoms. The fourth-order valence-electron chi connectivity index (χ4n) is 1.87. The Morgan fingerprint density at radius 3 is 2.65 bits per heavy atom. The third-order valence-electron chi connectivity index (χ3n) is 3.30. The lowest BCUT2D eigenvalue weighted by molar-refractivity contribution is -0.127. The van der Waals surface area contributed by atoms with E-state index in [0.29, 0.717) is 0 Å². The van der Waals surface area contributed by atoms with Gasteiger partial charge in [-0.15, -0.1) is 11.3 Å².